The van der Waals surface area contributed by atoms with E-state index in [0.29, 0.717) is 17.1 Å². The van der Waals surface area contributed by atoms with Crippen molar-refractivity contribution in [2.45, 2.75) is 18.9 Å². The first kappa shape index (κ1) is 22.8. The van der Waals surface area contributed by atoms with Crippen LogP contribution in [0.15, 0.2) is 84.9 Å². The maximum Gasteiger partial charge on any atom is 0.232 e. The molecule has 0 radical (unpaired) electrons. The average Bonchev–Trinajstić information content (AvgIpc) is 2.76. The zero-order chi connectivity index (χ0) is 22.3. The summed E-state index contributed by atoms with van der Waals surface area (Å²) >= 11 is 5.91. The van der Waals surface area contributed by atoms with Gasteiger partial charge in [0.15, 0.2) is 0 Å². The van der Waals surface area contributed by atoms with Crippen molar-refractivity contribution in [2.24, 2.45) is 0 Å². The Balaban J connectivity index is 1.66. The molecule has 1 amide bonds. The predicted octanol–water partition coefficient (Wildman–Crippen LogP) is 4.79. The smallest absolute Gasteiger partial charge is 0.232 e. The van der Waals surface area contributed by atoms with Crippen LogP contribution in [0, 0.1) is 0 Å². The van der Waals surface area contributed by atoms with Gasteiger partial charge in [-0.2, -0.15) is 0 Å². The van der Waals surface area contributed by atoms with E-state index in [9.17, 15) is 13.2 Å². The summed E-state index contributed by atoms with van der Waals surface area (Å²) in [4.78, 5) is 12.7. The maximum absolute atomic E-state index is 12.7. The molecule has 0 aromatic heterocycles. The molecule has 0 atom stereocenters. The van der Waals surface area contributed by atoms with Gasteiger partial charge in [0, 0.05) is 18.0 Å². The van der Waals surface area contributed by atoms with Crippen LogP contribution >= 0.6 is 11.6 Å². The molecule has 162 valence electrons. The number of hydrogen-bond donors (Lipinski definition) is 1. The van der Waals surface area contributed by atoms with Gasteiger partial charge in [-0.1, -0.05) is 72.3 Å². The van der Waals surface area contributed by atoms with Crippen LogP contribution in [0.25, 0.3) is 0 Å². The van der Waals surface area contributed by atoms with Crippen molar-refractivity contribution in [1.82, 2.24) is 5.32 Å². The summed E-state index contributed by atoms with van der Waals surface area (Å²) in [6, 6.07) is 25.9. The van der Waals surface area contributed by atoms with Crippen molar-refractivity contribution in [3.63, 3.8) is 0 Å². The Kier molecular flexibility index (Phi) is 7.71. The number of rotatable bonds is 9. The summed E-state index contributed by atoms with van der Waals surface area (Å²) in [7, 11) is -3.48. The van der Waals surface area contributed by atoms with E-state index in [2.05, 4.69) is 5.32 Å². The van der Waals surface area contributed by atoms with E-state index in [1.165, 1.54) is 4.31 Å². The van der Waals surface area contributed by atoms with Crippen LogP contribution in [0.5, 0.6) is 0 Å². The summed E-state index contributed by atoms with van der Waals surface area (Å²) in [6.07, 6.45) is 1.75. The predicted molar refractivity (Wildman–Crippen MR) is 126 cm³/mol. The first-order valence-corrected chi connectivity index (χ1v) is 12.2. The lowest BCUT2D eigenvalue weighted by Crippen LogP contribution is -2.33. The molecule has 3 rings (SSSR count). The summed E-state index contributed by atoms with van der Waals surface area (Å²) in [6.45, 7) is 0.204. The number of amides is 1. The highest BCUT2D eigenvalue weighted by molar-refractivity contribution is 7.92. The fraction of sp³-hybridized carbons (Fsp3) is 0.208. The number of benzene rings is 3. The standard InChI is InChI=1S/C24H25ClN2O3S/c1-31(29,30)27(22-16-14-21(25)15-17-22)18-8-13-23(28)26-24(19-9-4-2-5-10-19)20-11-6-3-7-12-20/h2-7,9-12,14-17,24H,8,13,18H2,1H3,(H,26,28). The van der Waals surface area contributed by atoms with E-state index in [0.717, 1.165) is 17.4 Å². The van der Waals surface area contributed by atoms with Gasteiger partial charge in [0.25, 0.3) is 0 Å². The zero-order valence-electron chi connectivity index (χ0n) is 17.2. The van der Waals surface area contributed by atoms with Gasteiger partial charge in [0.05, 0.1) is 18.0 Å². The fourth-order valence-corrected chi connectivity index (χ4v) is 4.45. The molecule has 0 fully saturated rings. The zero-order valence-corrected chi connectivity index (χ0v) is 18.8. The van der Waals surface area contributed by atoms with Crippen molar-refractivity contribution >= 4 is 33.2 Å². The van der Waals surface area contributed by atoms with E-state index in [4.69, 9.17) is 11.6 Å². The minimum absolute atomic E-state index is 0.137. The van der Waals surface area contributed by atoms with Crippen molar-refractivity contribution in [2.75, 3.05) is 17.1 Å². The quantitative estimate of drug-likeness (QED) is 0.503. The number of anilines is 1. The number of nitrogens with one attached hydrogen (secondary N) is 1. The molecule has 0 saturated carbocycles. The Labute approximate surface area is 188 Å². The lowest BCUT2D eigenvalue weighted by atomic mass is 9.98. The number of carbonyl (C=O) groups excluding carboxylic acids is 1. The minimum atomic E-state index is -3.48. The van der Waals surface area contributed by atoms with Crippen LogP contribution in [0.3, 0.4) is 0 Å². The summed E-state index contributed by atoms with van der Waals surface area (Å²) < 4.78 is 25.8. The Morgan fingerprint density at radius 2 is 1.42 bits per heavy atom. The van der Waals surface area contributed by atoms with E-state index >= 15 is 0 Å². The minimum Gasteiger partial charge on any atom is -0.345 e. The molecule has 0 bridgehead atoms. The van der Waals surface area contributed by atoms with Gasteiger partial charge in [-0.05, 0) is 41.8 Å². The van der Waals surface area contributed by atoms with E-state index in [-0.39, 0.29) is 24.9 Å². The molecule has 0 aliphatic rings. The largest absolute Gasteiger partial charge is 0.345 e. The van der Waals surface area contributed by atoms with E-state index < -0.39 is 10.0 Å². The Morgan fingerprint density at radius 1 is 0.903 bits per heavy atom. The van der Waals surface area contributed by atoms with Gasteiger partial charge in [-0.25, -0.2) is 8.42 Å². The molecule has 0 heterocycles. The number of carbonyl (C=O) groups is 1. The van der Waals surface area contributed by atoms with Crippen LogP contribution in [-0.4, -0.2) is 27.1 Å². The van der Waals surface area contributed by atoms with Gasteiger partial charge in [0.1, 0.15) is 0 Å². The van der Waals surface area contributed by atoms with Gasteiger partial charge in [0.2, 0.25) is 15.9 Å². The normalized spacial score (nSPS) is 11.3. The highest BCUT2D eigenvalue weighted by atomic mass is 35.5. The third-order valence-corrected chi connectivity index (χ3v) is 6.30. The second kappa shape index (κ2) is 10.5. The van der Waals surface area contributed by atoms with Crippen LogP contribution in [0.1, 0.15) is 30.0 Å². The molecule has 3 aromatic carbocycles. The Hall–Kier alpha value is -2.83. The van der Waals surface area contributed by atoms with Crippen LogP contribution in [0.4, 0.5) is 5.69 Å². The SMILES string of the molecule is CS(=O)(=O)N(CCCC(=O)NC(c1ccccc1)c1ccccc1)c1ccc(Cl)cc1. The van der Waals surface area contributed by atoms with Crippen molar-refractivity contribution in [1.29, 1.82) is 0 Å². The summed E-state index contributed by atoms with van der Waals surface area (Å²) in [5.41, 5.74) is 2.50. The third kappa shape index (κ3) is 6.57. The molecule has 0 spiro atoms. The van der Waals surface area contributed by atoms with Gasteiger partial charge >= 0.3 is 0 Å². The maximum atomic E-state index is 12.7. The van der Waals surface area contributed by atoms with Gasteiger partial charge in [-0.3, -0.25) is 9.10 Å². The molecular weight excluding hydrogens is 432 g/mol. The number of sulfonamides is 1. The van der Waals surface area contributed by atoms with Crippen molar-refractivity contribution in [3.8, 4) is 0 Å². The molecule has 5 nitrogen and oxygen atoms in total. The number of hydrogen-bond acceptors (Lipinski definition) is 3. The number of nitrogens with zero attached hydrogens (tertiary/aromatic N) is 1. The summed E-state index contributed by atoms with van der Waals surface area (Å²) in [5.74, 6) is -0.137. The van der Waals surface area contributed by atoms with Crippen LogP contribution in [-0.2, 0) is 14.8 Å². The van der Waals surface area contributed by atoms with Gasteiger partial charge in [-0.15, -0.1) is 0 Å². The lowest BCUT2D eigenvalue weighted by Gasteiger charge is -2.23. The van der Waals surface area contributed by atoms with E-state index in [1.807, 2.05) is 60.7 Å². The van der Waals surface area contributed by atoms with Gasteiger partial charge < -0.3 is 5.32 Å². The molecule has 0 aliphatic carbocycles. The topological polar surface area (TPSA) is 66.5 Å². The highest BCUT2D eigenvalue weighted by Gasteiger charge is 2.19. The molecular formula is C24H25ClN2O3S. The molecule has 3 aromatic rings. The molecule has 0 saturated heterocycles. The molecule has 7 heteroatoms. The highest BCUT2D eigenvalue weighted by Crippen LogP contribution is 2.23. The lowest BCUT2D eigenvalue weighted by molar-refractivity contribution is -0.121. The van der Waals surface area contributed by atoms with Crippen LogP contribution in [0.2, 0.25) is 5.02 Å². The first-order valence-electron chi connectivity index (χ1n) is 9.97. The first-order chi connectivity index (χ1) is 14.8. The Bertz CT molecular complexity index is 1050. The summed E-state index contributed by atoms with van der Waals surface area (Å²) in [5, 5.41) is 3.62. The van der Waals surface area contributed by atoms with Crippen LogP contribution < -0.4 is 9.62 Å². The molecule has 31 heavy (non-hydrogen) atoms. The molecule has 1 N–H and O–H groups in total. The van der Waals surface area contributed by atoms with Crippen molar-refractivity contribution < 1.29 is 13.2 Å². The molecule has 0 unspecified atom stereocenters. The second-order valence-corrected chi connectivity index (χ2v) is 9.58. The molecule has 0 aliphatic heterocycles. The Morgan fingerprint density at radius 3 is 1.90 bits per heavy atom. The monoisotopic (exact) mass is 456 g/mol. The fourth-order valence-electron chi connectivity index (χ4n) is 3.36. The average molecular weight is 457 g/mol. The second-order valence-electron chi connectivity index (χ2n) is 7.24. The third-order valence-electron chi connectivity index (χ3n) is 4.85. The van der Waals surface area contributed by atoms with Crippen molar-refractivity contribution in [3.05, 3.63) is 101 Å². The van der Waals surface area contributed by atoms with E-state index in [1.54, 1.807) is 24.3 Å². The number of halogens is 1.